The van der Waals surface area contributed by atoms with Gasteiger partial charge in [-0.3, -0.25) is 4.79 Å². The highest BCUT2D eigenvalue weighted by atomic mass is 32.2. The molecule has 2 heterocycles. The van der Waals surface area contributed by atoms with Gasteiger partial charge in [-0.1, -0.05) is 6.07 Å². The van der Waals surface area contributed by atoms with Gasteiger partial charge in [0.1, 0.15) is 11.5 Å². The summed E-state index contributed by atoms with van der Waals surface area (Å²) in [5, 5.41) is 2.96. The van der Waals surface area contributed by atoms with Gasteiger partial charge in [0.15, 0.2) is 0 Å². The molecule has 0 aliphatic carbocycles. The Bertz CT molecular complexity index is 1130. The van der Waals surface area contributed by atoms with Gasteiger partial charge in [0.2, 0.25) is 15.9 Å². The van der Waals surface area contributed by atoms with E-state index in [1.807, 2.05) is 0 Å². The van der Waals surface area contributed by atoms with Crippen molar-refractivity contribution in [3.05, 3.63) is 42.0 Å². The van der Waals surface area contributed by atoms with Crippen molar-refractivity contribution in [3.63, 3.8) is 0 Å². The highest BCUT2D eigenvalue weighted by Gasteiger charge is 2.28. The third-order valence-corrected chi connectivity index (χ3v) is 8.04. The molecule has 10 heteroatoms. The van der Waals surface area contributed by atoms with Gasteiger partial charge in [0.05, 0.1) is 50.1 Å². The standard InChI is InChI=1S/C24H31N3O6S/c1-31-19-6-5-18(23(16-19)32-2)15-24(28)25-21-17-20(7-8-22(21)26-9-3-4-10-26)34(29,30)27-11-13-33-14-12-27/h5-8,16-17H,3-4,9-15H2,1-2H3,(H,25,28). The molecule has 1 N–H and O–H groups in total. The highest BCUT2D eigenvalue weighted by molar-refractivity contribution is 7.89. The number of nitrogens with one attached hydrogen (secondary N) is 1. The van der Waals surface area contributed by atoms with Crippen LogP contribution in [-0.4, -0.2) is 72.2 Å². The van der Waals surface area contributed by atoms with Gasteiger partial charge >= 0.3 is 0 Å². The smallest absolute Gasteiger partial charge is 0.243 e. The number of ether oxygens (including phenoxy) is 3. The molecule has 4 rings (SSSR count). The molecule has 2 aromatic carbocycles. The van der Waals surface area contributed by atoms with Crippen molar-refractivity contribution in [3.8, 4) is 11.5 Å². The summed E-state index contributed by atoms with van der Waals surface area (Å²) < 4.78 is 43.8. The minimum absolute atomic E-state index is 0.0764. The molecule has 184 valence electrons. The van der Waals surface area contributed by atoms with E-state index < -0.39 is 10.0 Å². The SMILES string of the molecule is COc1ccc(CC(=O)Nc2cc(S(=O)(=O)N3CCOCC3)ccc2N2CCCC2)c(OC)c1. The molecule has 2 aliphatic rings. The van der Waals surface area contributed by atoms with Crippen molar-refractivity contribution in [1.82, 2.24) is 4.31 Å². The molecule has 0 aromatic heterocycles. The van der Waals surface area contributed by atoms with Crippen molar-refractivity contribution >= 4 is 27.3 Å². The van der Waals surface area contributed by atoms with Crippen molar-refractivity contribution < 1.29 is 27.4 Å². The normalized spacial score (nSPS) is 16.9. The fourth-order valence-corrected chi connectivity index (χ4v) is 5.75. The predicted octanol–water partition coefficient (Wildman–Crippen LogP) is 2.51. The molecule has 2 aromatic rings. The number of rotatable bonds is 8. The maximum absolute atomic E-state index is 13.2. The lowest BCUT2D eigenvalue weighted by Gasteiger charge is -2.27. The monoisotopic (exact) mass is 489 g/mol. The van der Waals surface area contributed by atoms with E-state index in [0.29, 0.717) is 49.1 Å². The van der Waals surface area contributed by atoms with Gasteiger partial charge in [-0.05, 0) is 37.1 Å². The first-order chi connectivity index (χ1) is 16.4. The molecule has 0 radical (unpaired) electrons. The van der Waals surface area contributed by atoms with E-state index in [9.17, 15) is 13.2 Å². The molecule has 0 bridgehead atoms. The molecule has 1 amide bonds. The Hall–Kier alpha value is -2.82. The van der Waals surface area contributed by atoms with Crippen molar-refractivity contribution in [2.45, 2.75) is 24.2 Å². The summed E-state index contributed by atoms with van der Waals surface area (Å²) in [5.74, 6) is 0.932. The van der Waals surface area contributed by atoms with Crippen LogP contribution in [0.25, 0.3) is 0 Å². The number of sulfonamides is 1. The number of amides is 1. The lowest BCUT2D eigenvalue weighted by Crippen LogP contribution is -2.40. The molecule has 2 aliphatic heterocycles. The molecule has 0 saturated carbocycles. The lowest BCUT2D eigenvalue weighted by atomic mass is 10.1. The molecule has 0 unspecified atom stereocenters. The summed E-state index contributed by atoms with van der Waals surface area (Å²) >= 11 is 0. The van der Waals surface area contributed by atoms with Crippen LogP contribution in [0, 0.1) is 0 Å². The van der Waals surface area contributed by atoms with E-state index >= 15 is 0 Å². The summed E-state index contributed by atoms with van der Waals surface area (Å²) in [6.45, 7) is 3.11. The second-order valence-electron chi connectivity index (χ2n) is 8.29. The number of carbonyl (C=O) groups excluding carboxylic acids is 1. The minimum atomic E-state index is -3.69. The van der Waals surface area contributed by atoms with E-state index in [2.05, 4.69) is 10.2 Å². The van der Waals surface area contributed by atoms with Crippen LogP contribution in [-0.2, 0) is 26.0 Å². The fraction of sp³-hybridized carbons (Fsp3) is 0.458. The van der Waals surface area contributed by atoms with E-state index in [1.165, 1.54) is 4.31 Å². The zero-order chi connectivity index (χ0) is 24.1. The van der Waals surface area contributed by atoms with E-state index in [-0.39, 0.29) is 17.2 Å². The second-order valence-corrected chi connectivity index (χ2v) is 10.2. The molecular weight excluding hydrogens is 458 g/mol. The number of morpholine rings is 1. The predicted molar refractivity (Wildman–Crippen MR) is 129 cm³/mol. The maximum Gasteiger partial charge on any atom is 0.243 e. The Morgan fingerprint density at radius 2 is 1.74 bits per heavy atom. The highest BCUT2D eigenvalue weighted by Crippen LogP contribution is 2.33. The molecule has 0 atom stereocenters. The topological polar surface area (TPSA) is 97.4 Å². The van der Waals surface area contributed by atoms with Crippen LogP contribution in [0.1, 0.15) is 18.4 Å². The minimum Gasteiger partial charge on any atom is -0.497 e. The Kier molecular flexibility index (Phi) is 7.60. The van der Waals surface area contributed by atoms with Gasteiger partial charge in [-0.2, -0.15) is 4.31 Å². The summed E-state index contributed by atoms with van der Waals surface area (Å²) in [5.41, 5.74) is 2.03. The van der Waals surface area contributed by atoms with E-state index in [4.69, 9.17) is 14.2 Å². The summed E-state index contributed by atoms with van der Waals surface area (Å²) in [6.07, 6.45) is 2.20. The Morgan fingerprint density at radius 3 is 2.41 bits per heavy atom. The number of anilines is 2. The zero-order valence-corrected chi connectivity index (χ0v) is 20.4. The largest absolute Gasteiger partial charge is 0.497 e. The quantitative estimate of drug-likeness (QED) is 0.609. The van der Waals surface area contributed by atoms with Crippen molar-refractivity contribution in [2.24, 2.45) is 0 Å². The third kappa shape index (κ3) is 5.29. The molecule has 34 heavy (non-hydrogen) atoms. The van der Waals surface area contributed by atoms with Crippen LogP contribution in [0.15, 0.2) is 41.3 Å². The van der Waals surface area contributed by atoms with Crippen LogP contribution in [0.4, 0.5) is 11.4 Å². The van der Waals surface area contributed by atoms with Crippen molar-refractivity contribution in [1.29, 1.82) is 0 Å². The third-order valence-electron chi connectivity index (χ3n) is 6.14. The maximum atomic E-state index is 13.2. The van der Waals surface area contributed by atoms with Crippen LogP contribution >= 0.6 is 0 Å². The summed E-state index contributed by atoms with van der Waals surface area (Å²) in [6, 6.07) is 10.3. The Balaban J connectivity index is 1.61. The van der Waals surface area contributed by atoms with Gasteiger partial charge in [0, 0.05) is 37.8 Å². The first-order valence-electron chi connectivity index (χ1n) is 11.4. The number of methoxy groups -OCH3 is 2. The number of carbonyl (C=O) groups is 1. The van der Waals surface area contributed by atoms with Crippen LogP contribution in [0.3, 0.4) is 0 Å². The van der Waals surface area contributed by atoms with Crippen LogP contribution < -0.4 is 19.7 Å². The summed E-state index contributed by atoms with van der Waals surface area (Å²) in [4.78, 5) is 15.4. The Morgan fingerprint density at radius 1 is 1.00 bits per heavy atom. The number of benzene rings is 2. The lowest BCUT2D eigenvalue weighted by molar-refractivity contribution is -0.115. The van der Waals surface area contributed by atoms with E-state index in [1.54, 1.807) is 50.6 Å². The average molecular weight is 490 g/mol. The fourth-order valence-electron chi connectivity index (χ4n) is 4.31. The van der Waals surface area contributed by atoms with Gasteiger partial charge in [-0.25, -0.2) is 8.42 Å². The summed E-state index contributed by atoms with van der Waals surface area (Å²) in [7, 11) is -0.577. The first-order valence-corrected chi connectivity index (χ1v) is 12.8. The molecule has 2 fully saturated rings. The zero-order valence-electron chi connectivity index (χ0n) is 19.6. The first kappa shape index (κ1) is 24.3. The van der Waals surface area contributed by atoms with Gasteiger partial charge < -0.3 is 24.4 Å². The van der Waals surface area contributed by atoms with Crippen LogP contribution in [0.5, 0.6) is 11.5 Å². The Labute approximate surface area is 200 Å². The van der Waals surface area contributed by atoms with Gasteiger partial charge in [0.25, 0.3) is 0 Å². The molecule has 9 nitrogen and oxygen atoms in total. The molecule has 0 spiro atoms. The van der Waals surface area contributed by atoms with Gasteiger partial charge in [-0.15, -0.1) is 0 Å². The van der Waals surface area contributed by atoms with Crippen molar-refractivity contribution in [2.75, 3.05) is 63.8 Å². The number of hydrogen-bond acceptors (Lipinski definition) is 7. The number of hydrogen-bond donors (Lipinski definition) is 1. The number of nitrogens with zero attached hydrogens (tertiary/aromatic N) is 2. The molecular formula is C24H31N3O6S. The average Bonchev–Trinajstić information content (AvgIpc) is 3.39. The van der Waals surface area contributed by atoms with E-state index in [0.717, 1.165) is 31.6 Å². The van der Waals surface area contributed by atoms with Crippen LogP contribution in [0.2, 0.25) is 0 Å². The molecule has 2 saturated heterocycles. The second kappa shape index (κ2) is 10.6.